The quantitative estimate of drug-likeness (QED) is 0.144. The molecule has 17 aromatic carbocycles. The van der Waals surface area contributed by atoms with E-state index in [0.29, 0.717) is 0 Å². The standard InChI is InChI=1S/C110H74N2O/c1-107(2)93-46-15-8-37-83(93)88-43-24-40-76(104(88)107)67-27-22-31-71(61-67)111(70-29-6-5-7-30-70)74-54-57-87-82-36-13-20-51-98(82)110(102(87)65-74)99-52-21-14-39-85(99)91-63-69(53-59-100(91)110)78-42-26-45-90-92-64-73(56-60-103(92)113-106(78)90)112(72-32-23-28-68(62-72)77-41-25-44-89-84-38-9-16-47-94(84)108(3,4)105(77)89)75-55-58-86-81-35-12-19-50-97(81)109(101(86)66-75)95-48-17-10-33-79(95)80-34-11-18-49-96(80)109/h5-66H,1-4H3. The molecular formula is C110H74N2O. The number of benzene rings is 17. The Morgan fingerprint density at radius 1 is 0.195 bits per heavy atom. The minimum Gasteiger partial charge on any atom is -0.455 e. The van der Waals surface area contributed by atoms with Crippen molar-refractivity contribution in [2.45, 2.75) is 49.4 Å². The highest BCUT2D eigenvalue weighted by atomic mass is 16.3. The molecule has 3 heteroatoms. The molecule has 0 bridgehead atoms. The van der Waals surface area contributed by atoms with Crippen molar-refractivity contribution in [2.75, 3.05) is 9.80 Å². The van der Waals surface area contributed by atoms with E-state index in [1.54, 1.807) is 0 Å². The van der Waals surface area contributed by atoms with E-state index < -0.39 is 10.8 Å². The summed E-state index contributed by atoms with van der Waals surface area (Å²) in [6.07, 6.45) is 0. The van der Waals surface area contributed by atoms with E-state index in [-0.39, 0.29) is 10.8 Å². The Balaban J connectivity index is 0.651. The van der Waals surface area contributed by atoms with Gasteiger partial charge >= 0.3 is 0 Å². The van der Waals surface area contributed by atoms with Crippen molar-refractivity contribution < 1.29 is 4.42 Å². The molecule has 18 aromatic rings. The number of rotatable bonds is 9. The second-order valence-electron chi connectivity index (χ2n) is 32.8. The molecule has 0 fully saturated rings. The first kappa shape index (κ1) is 64.0. The van der Waals surface area contributed by atoms with Crippen LogP contribution in [0.3, 0.4) is 0 Å². The molecule has 0 aliphatic heterocycles. The summed E-state index contributed by atoms with van der Waals surface area (Å²) in [6.45, 7) is 9.56. The number of para-hydroxylation sites is 2. The van der Waals surface area contributed by atoms with Crippen LogP contribution in [0.25, 0.3) is 122 Å². The normalized spacial score (nSPS) is 15.5. The highest BCUT2D eigenvalue weighted by molar-refractivity contribution is 6.12. The SMILES string of the molecule is CC1(C)c2ccccc2-c2cccc(-c3cccc(N(c4ccccc4)c4ccc5c(c4)C4(c6ccccc6-c6cc(-c7cccc8c7oc7ccc(N(c9cccc(-c%10cccc%11c%10C(C)(C)c%10ccccc%10-%11)c9)c9ccc%10c(c9)C9(c%11ccccc%11-c%11ccccc%119)c9ccccc9-%10)cc78)ccc64)c4ccccc4-5)c3)c21. The molecule has 1 heterocycles. The van der Waals surface area contributed by atoms with Gasteiger partial charge in [-0.25, -0.2) is 0 Å². The van der Waals surface area contributed by atoms with Crippen molar-refractivity contribution in [2.24, 2.45) is 0 Å². The topological polar surface area (TPSA) is 19.6 Å². The second kappa shape index (κ2) is 23.4. The summed E-state index contributed by atoms with van der Waals surface area (Å²) >= 11 is 0. The van der Waals surface area contributed by atoms with Crippen LogP contribution in [0.1, 0.15) is 94.5 Å². The summed E-state index contributed by atoms with van der Waals surface area (Å²) < 4.78 is 7.31. The zero-order valence-electron chi connectivity index (χ0n) is 63.1. The van der Waals surface area contributed by atoms with E-state index in [9.17, 15) is 0 Å². The van der Waals surface area contributed by atoms with Gasteiger partial charge in [-0.3, -0.25) is 0 Å². The Labute approximate surface area is 658 Å². The predicted molar refractivity (Wildman–Crippen MR) is 467 cm³/mol. The van der Waals surface area contributed by atoms with Gasteiger partial charge in [0.1, 0.15) is 11.2 Å². The van der Waals surface area contributed by atoms with Crippen molar-refractivity contribution in [1.82, 2.24) is 0 Å². The molecule has 113 heavy (non-hydrogen) atoms. The van der Waals surface area contributed by atoms with Crippen LogP contribution in [-0.2, 0) is 21.7 Å². The third-order valence-electron chi connectivity index (χ3n) is 26.6. The fraction of sp³-hybridized carbons (Fsp3) is 0.0727. The first-order valence-electron chi connectivity index (χ1n) is 39.8. The van der Waals surface area contributed by atoms with Crippen molar-refractivity contribution in [3.63, 3.8) is 0 Å². The Morgan fingerprint density at radius 2 is 0.522 bits per heavy atom. The van der Waals surface area contributed by atoms with Gasteiger partial charge in [0, 0.05) is 61.3 Å². The van der Waals surface area contributed by atoms with Crippen molar-refractivity contribution in [3.05, 3.63) is 443 Å². The fourth-order valence-electron chi connectivity index (χ4n) is 22.1. The summed E-state index contributed by atoms with van der Waals surface area (Å²) in [5.74, 6) is 0. The second-order valence-corrected chi connectivity index (χ2v) is 32.8. The van der Waals surface area contributed by atoms with Crippen LogP contribution in [0.5, 0.6) is 0 Å². The average Bonchev–Trinajstić information content (AvgIpc) is 1.51. The summed E-state index contributed by atoms with van der Waals surface area (Å²) in [4.78, 5) is 4.97. The molecule has 1 unspecified atom stereocenters. The van der Waals surface area contributed by atoms with Gasteiger partial charge in [0.05, 0.1) is 10.8 Å². The van der Waals surface area contributed by atoms with E-state index >= 15 is 0 Å². The molecule has 6 aliphatic rings. The first-order valence-corrected chi connectivity index (χ1v) is 39.8. The summed E-state index contributed by atoms with van der Waals surface area (Å²) in [7, 11) is 0. The van der Waals surface area contributed by atoms with Crippen LogP contribution in [-0.4, -0.2) is 0 Å². The number of nitrogens with zero attached hydrogens (tertiary/aromatic N) is 2. The predicted octanol–water partition coefficient (Wildman–Crippen LogP) is 28.8. The molecule has 6 aliphatic carbocycles. The lowest BCUT2D eigenvalue weighted by atomic mass is 9.70. The zero-order valence-corrected chi connectivity index (χ0v) is 63.1. The minimum atomic E-state index is -0.617. The van der Waals surface area contributed by atoms with Gasteiger partial charge in [0.25, 0.3) is 0 Å². The number of furan rings is 1. The molecule has 0 radical (unpaired) electrons. The maximum absolute atomic E-state index is 7.31. The average molecular weight is 1440 g/mol. The maximum atomic E-state index is 7.31. The molecule has 3 nitrogen and oxygen atoms in total. The molecule has 1 atom stereocenters. The van der Waals surface area contributed by atoms with Crippen LogP contribution >= 0.6 is 0 Å². The lowest BCUT2D eigenvalue weighted by Gasteiger charge is -2.32. The van der Waals surface area contributed by atoms with Gasteiger partial charge < -0.3 is 14.2 Å². The van der Waals surface area contributed by atoms with Crippen LogP contribution in [0, 0.1) is 0 Å². The van der Waals surface area contributed by atoms with E-state index in [2.05, 4.69) is 414 Å². The molecular weight excluding hydrogens is 1370 g/mol. The Hall–Kier alpha value is -13.9. The van der Waals surface area contributed by atoms with E-state index in [0.717, 1.165) is 67.2 Å². The molecule has 0 amide bonds. The molecule has 0 saturated carbocycles. The Bertz CT molecular complexity index is 7100. The van der Waals surface area contributed by atoms with Crippen molar-refractivity contribution >= 4 is 56.1 Å². The van der Waals surface area contributed by atoms with Crippen LogP contribution in [0.2, 0.25) is 0 Å². The van der Waals surface area contributed by atoms with E-state index in [4.69, 9.17) is 4.42 Å². The van der Waals surface area contributed by atoms with Crippen LogP contribution < -0.4 is 9.80 Å². The molecule has 0 N–H and O–H groups in total. The third kappa shape index (κ3) is 8.58. The van der Waals surface area contributed by atoms with Gasteiger partial charge in [-0.2, -0.15) is 0 Å². The van der Waals surface area contributed by atoms with Crippen molar-refractivity contribution in [3.8, 4) is 100 Å². The summed E-state index contributed by atoms with van der Waals surface area (Å²) in [5.41, 5.74) is 45.0. The van der Waals surface area contributed by atoms with Crippen molar-refractivity contribution in [1.29, 1.82) is 0 Å². The minimum absolute atomic E-state index is 0.166. The van der Waals surface area contributed by atoms with Gasteiger partial charge in [0.15, 0.2) is 0 Å². The lowest BCUT2D eigenvalue weighted by molar-refractivity contribution is 0.662. The summed E-state index contributed by atoms with van der Waals surface area (Å²) in [6, 6.07) is 142. The smallest absolute Gasteiger partial charge is 0.143 e. The lowest BCUT2D eigenvalue weighted by Crippen LogP contribution is -2.26. The molecule has 0 saturated heterocycles. The fourth-order valence-corrected chi connectivity index (χ4v) is 22.1. The number of hydrogen-bond acceptors (Lipinski definition) is 3. The number of anilines is 6. The van der Waals surface area contributed by atoms with Gasteiger partial charge in [0.2, 0.25) is 0 Å². The third-order valence-corrected chi connectivity index (χ3v) is 26.6. The molecule has 24 rings (SSSR count). The van der Waals surface area contributed by atoms with Gasteiger partial charge in [-0.1, -0.05) is 319 Å². The molecule has 1 aromatic heterocycles. The number of hydrogen-bond donors (Lipinski definition) is 0. The maximum Gasteiger partial charge on any atom is 0.143 e. The highest BCUT2D eigenvalue weighted by Crippen LogP contribution is 2.67. The van der Waals surface area contributed by atoms with E-state index in [1.165, 1.54) is 156 Å². The van der Waals surface area contributed by atoms with Gasteiger partial charge in [-0.15, -0.1) is 0 Å². The largest absolute Gasteiger partial charge is 0.455 e. The van der Waals surface area contributed by atoms with E-state index in [1.807, 2.05) is 0 Å². The zero-order chi connectivity index (χ0) is 74.8. The summed E-state index contributed by atoms with van der Waals surface area (Å²) in [5, 5.41) is 2.12. The molecule has 530 valence electrons. The first-order chi connectivity index (χ1) is 55.6. The van der Waals surface area contributed by atoms with Crippen LogP contribution in [0.4, 0.5) is 34.1 Å². The highest BCUT2D eigenvalue weighted by Gasteiger charge is 2.54. The Kier molecular flexibility index (Phi) is 13.2. The van der Waals surface area contributed by atoms with Crippen LogP contribution in [0.15, 0.2) is 381 Å². The molecule has 2 spiro atoms. The Morgan fingerprint density at radius 3 is 1.01 bits per heavy atom. The number of fused-ring (bicyclic) bond motifs is 29. The van der Waals surface area contributed by atoms with Gasteiger partial charge in [-0.05, 0) is 246 Å². The monoisotopic (exact) mass is 1440 g/mol.